The van der Waals surface area contributed by atoms with Crippen LogP contribution in [0.1, 0.15) is 31.4 Å². The van der Waals surface area contributed by atoms with Crippen LogP contribution in [-0.2, 0) is 0 Å². The third-order valence-corrected chi connectivity index (χ3v) is 3.00. The van der Waals surface area contributed by atoms with Crippen molar-refractivity contribution in [3.63, 3.8) is 0 Å². The standard InChI is InChI=1S/C12H15N3O/c13-8-10-4-3-5-11(15-10)14-9-12(16)6-1-2-7-12/h3-5,16H,1-2,6-7,9H2,(H,14,15). The Balaban J connectivity index is 1.96. The molecule has 2 rings (SSSR count). The van der Waals surface area contributed by atoms with Gasteiger partial charge >= 0.3 is 0 Å². The average molecular weight is 217 g/mol. The predicted molar refractivity (Wildman–Crippen MR) is 60.9 cm³/mol. The van der Waals surface area contributed by atoms with Crippen molar-refractivity contribution in [2.75, 3.05) is 11.9 Å². The Kier molecular flexibility index (Phi) is 3.07. The summed E-state index contributed by atoms with van der Waals surface area (Å²) < 4.78 is 0. The van der Waals surface area contributed by atoms with E-state index in [9.17, 15) is 5.11 Å². The molecule has 1 aromatic rings. The molecule has 0 amide bonds. The lowest BCUT2D eigenvalue weighted by Gasteiger charge is -2.22. The molecule has 0 bridgehead atoms. The molecule has 0 radical (unpaired) electrons. The molecule has 16 heavy (non-hydrogen) atoms. The highest BCUT2D eigenvalue weighted by Gasteiger charge is 2.30. The minimum atomic E-state index is -0.593. The van der Waals surface area contributed by atoms with E-state index in [1.807, 2.05) is 6.07 Å². The van der Waals surface area contributed by atoms with E-state index >= 15 is 0 Å². The number of pyridine rings is 1. The second-order valence-electron chi connectivity index (χ2n) is 4.30. The molecule has 1 aliphatic carbocycles. The maximum Gasteiger partial charge on any atom is 0.142 e. The lowest BCUT2D eigenvalue weighted by Crippen LogP contribution is -2.33. The molecular formula is C12H15N3O. The molecule has 1 aromatic heterocycles. The van der Waals surface area contributed by atoms with Gasteiger partial charge in [-0.1, -0.05) is 18.9 Å². The molecule has 1 saturated carbocycles. The number of nitrogens with zero attached hydrogens (tertiary/aromatic N) is 2. The number of rotatable bonds is 3. The maximum absolute atomic E-state index is 10.1. The van der Waals surface area contributed by atoms with Gasteiger partial charge in [-0.2, -0.15) is 5.26 Å². The van der Waals surface area contributed by atoms with E-state index in [0.29, 0.717) is 18.1 Å². The number of anilines is 1. The van der Waals surface area contributed by atoms with Gasteiger partial charge in [0.15, 0.2) is 0 Å². The number of hydrogen-bond donors (Lipinski definition) is 2. The molecule has 0 aliphatic heterocycles. The SMILES string of the molecule is N#Cc1cccc(NCC2(O)CCCC2)n1. The first-order chi connectivity index (χ1) is 7.72. The van der Waals surface area contributed by atoms with Crippen LogP contribution in [0.15, 0.2) is 18.2 Å². The fourth-order valence-corrected chi connectivity index (χ4v) is 2.06. The highest BCUT2D eigenvalue weighted by Crippen LogP contribution is 2.29. The number of nitriles is 1. The maximum atomic E-state index is 10.1. The van der Waals surface area contributed by atoms with E-state index in [2.05, 4.69) is 10.3 Å². The number of nitrogens with one attached hydrogen (secondary N) is 1. The first-order valence-electron chi connectivity index (χ1n) is 5.55. The van der Waals surface area contributed by atoms with Gasteiger partial charge in [0, 0.05) is 6.54 Å². The minimum Gasteiger partial charge on any atom is -0.388 e. The normalized spacial score (nSPS) is 18.0. The van der Waals surface area contributed by atoms with E-state index in [4.69, 9.17) is 5.26 Å². The van der Waals surface area contributed by atoms with E-state index in [1.165, 1.54) is 0 Å². The number of aliphatic hydroxyl groups is 1. The molecule has 2 N–H and O–H groups in total. The van der Waals surface area contributed by atoms with Crippen LogP contribution in [0.4, 0.5) is 5.82 Å². The first kappa shape index (κ1) is 10.9. The van der Waals surface area contributed by atoms with Gasteiger partial charge in [-0.3, -0.25) is 0 Å². The number of aromatic nitrogens is 1. The van der Waals surface area contributed by atoms with Gasteiger partial charge in [-0.25, -0.2) is 4.98 Å². The summed E-state index contributed by atoms with van der Waals surface area (Å²) >= 11 is 0. The predicted octanol–water partition coefficient (Wildman–Crippen LogP) is 1.67. The zero-order valence-electron chi connectivity index (χ0n) is 9.11. The van der Waals surface area contributed by atoms with Crippen LogP contribution in [0.5, 0.6) is 0 Å². The fraction of sp³-hybridized carbons (Fsp3) is 0.500. The van der Waals surface area contributed by atoms with Gasteiger partial charge in [0.2, 0.25) is 0 Å². The van der Waals surface area contributed by atoms with Crippen LogP contribution < -0.4 is 5.32 Å². The molecule has 0 aromatic carbocycles. The molecule has 4 heteroatoms. The molecular weight excluding hydrogens is 202 g/mol. The zero-order valence-corrected chi connectivity index (χ0v) is 9.11. The molecule has 0 unspecified atom stereocenters. The Bertz CT molecular complexity index is 405. The van der Waals surface area contributed by atoms with Gasteiger partial charge in [-0.05, 0) is 25.0 Å². The lowest BCUT2D eigenvalue weighted by atomic mass is 10.0. The van der Waals surface area contributed by atoms with Gasteiger partial charge in [0.1, 0.15) is 17.6 Å². The Labute approximate surface area is 94.9 Å². The summed E-state index contributed by atoms with van der Waals surface area (Å²) in [7, 11) is 0. The van der Waals surface area contributed by atoms with E-state index < -0.39 is 5.60 Å². The second kappa shape index (κ2) is 4.50. The van der Waals surface area contributed by atoms with Crippen molar-refractivity contribution in [3.8, 4) is 6.07 Å². The van der Waals surface area contributed by atoms with Crippen LogP contribution in [0.25, 0.3) is 0 Å². The van der Waals surface area contributed by atoms with Crippen LogP contribution in [0.2, 0.25) is 0 Å². The lowest BCUT2D eigenvalue weighted by molar-refractivity contribution is 0.0614. The van der Waals surface area contributed by atoms with Crippen molar-refractivity contribution in [1.82, 2.24) is 4.98 Å². The van der Waals surface area contributed by atoms with Crippen LogP contribution in [0.3, 0.4) is 0 Å². The van der Waals surface area contributed by atoms with Crippen LogP contribution in [0, 0.1) is 11.3 Å². The minimum absolute atomic E-state index is 0.392. The Hall–Kier alpha value is -1.60. The third kappa shape index (κ3) is 2.50. The van der Waals surface area contributed by atoms with Gasteiger partial charge in [0.25, 0.3) is 0 Å². The summed E-state index contributed by atoms with van der Waals surface area (Å²) in [4.78, 5) is 4.10. The molecule has 4 nitrogen and oxygen atoms in total. The highest BCUT2D eigenvalue weighted by atomic mass is 16.3. The summed E-state index contributed by atoms with van der Waals surface area (Å²) in [6, 6.07) is 7.24. The second-order valence-corrected chi connectivity index (χ2v) is 4.30. The van der Waals surface area contributed by atoms with E-state index in [0.717, 1.165) is 25.7 Å². The largest absolute Gasteiger partial charge is 0.388 e. The van der Waals surface area contributed by atoms with E-state index in [1.54, 1.807) is 18.2 Å². The summed E-state index contributed by atoms with van der Waals surface area (Å²) in [5.41, 5.74) is -0.201. The Morgan fingerprint density at radius 2 is 2.19 bits per heavy atom. The summed E-state index contributed by atoms with van der Waals surface area (Å²) in [6.45, 7) is 0.509. The van der Waals surface area contributed by atoms with Gasteiger partial charge < -0.3 is 10.4 Å². The van der Waals surface area contributed by atoms with Crippen molar-refractivity contribution in [3.05, 3.63) is 23.9 Å². The molecule has 84 valence electrons. The zero-order chi connectivity index (χ0) is 11.4. The molecule has 1 aliphatic rings. The third-order valence-electron chi connectivity index (χ3n) is 3.00. The summed E-state index contributed by atoms with van der Waals surface area (Å²) in [6.07, 6.45) is 3.86. The molecule has 1 fully saturated rings. The molecule has 0 atom stereocenters. The van der Waals surface area contributed by atoms with Crippen LogP contribution >= 0.6 is 0 Å². The van der Waals surface area contributed by atoms with E-state index in [-0.39, 0.29) is 0 Å². The Morgan fingerprint density at radius 3 is 2.88 bits per heavy atom. The summed E-state index contributed by atoms with van der Waals surface area (Å²) in [5, 5.41) is 21.9. The quantitative estimate of drug-likeness (QED) is 0.808. The van der Waals surface area contributed by atoms with Crippen molar-refractivity contribution >= 4 is 5.82 Å². The van der Waals surface area contributed by atoms with Crippen molar-refractivity contribution in [2.45, 2.75) is 31.3 Å². The monoisotopic (exact) mass is 217 g/mol. The van der Waals surface area contributed by atoms with Crippen molar-refractivity contribution in [2.24, 2.45) is 0 Å². The molecule has 0 spiro atoms. The number of hydrogen-bond acceptors (Lipinski definition) is 4. The molecule has 1 heterocycles. The summed E-state index contributed by atoms with van der Waals surface area (Å²) in [5.74, 6) is 0.652. The first-order valence-corrected chi connectivity index (χ1v) is 5.55. The fourth-order valence-electron chi connectivity index (χ4n) is 2.06. The highest BCUT2D eigenvalue weighted by molar-refractivity contribution is 5.38. The average Bonchev–Trinajstić information content (AvgIpc) is 2.75. The topological polar surface area (TPSA) is 68.9 Å². The smallest absolute Gasteiger partial charge is 0.142 e. The van der Waals surface area contributed by atoms with Crippen molar-refractivity contribution in [1.29, 1.82) is 5.26 Å². The molecule has 0 saturated heterocycles. The van der Waals surface area contributed by atoms with Crippen LogP contribution in [-0.4, -0.2) is 22.2 Å². The van der Waals surface area contributed by atoms with Gasteiger partial charge in [-0.15, -0.1) is 0 Å². The Morgan fingerprint density at radius 1 is 1.44 bits per heavy atom. The van der Waals surface area contributed by atoms with Gasteiger partial charge in [0.05, 0.1) is 5.60 Å². The van der Waals surface area contributed by atoms with Crippen molar-refractivity contribution < 1.29 is 5.11 Å².